The fourth-order valence-corrected chi connectivity index (χ4v) is 3.98. The van der Waals surface area contributed by atoms with Crippen molar-refractivity contribution in [2.45, 2.75) is 13.8 Å². The molecule has 2 nitrogen and oxygen atoms in total. The van der Waals surface area contributed by atoms with Crippen molar-refractivity contribution in [1.82, 2.24) is 0 Å². The van der Waals surface area contributed by atoms with Crippen LogP contribution in [-0.2, 0) is 9.53 Å². The lowest BCUT2D eigenvalue weighted by Crippen LogP contribution is -1.98. The van der Waals surface area contributed by atoms with Crippen molar-refractivity contribution in [3.05, 3.63) is 107 Å². The van der Waals surface area contributed by atoms with E-state index in [2.05, 4.69) is 48.5 Å². The van der Waals surface area contributed by atoms with Crippen molar-refractivity contribution in [3.63, 3.8) is 0 Å². The van der Waals surface area contributed by atoms with Gasteiger partial charge in [0.05, 0.1) is 5.57 Å². The van der Waals surface area contributed by atoms with Crippen LogP contribution >= 0.6 is 0 Å². The third-order valence-corrected chi connectivity index (χ3v) is 5.50. The molecule has 0 fully saturated rings. The number of cyclic esters (lactones) is 1. The minimum Gasteiger partial charge on any atom is -0.422 e. The number of fused-ring (bicyclic) bond motifs is 2. The highest BCUT2D eigenvalue weighted by Crippen LogP contribution is 2.34. The van der Waals surface area contributed by atoms with E-state index in [-0.39, 0.29) is 5.97 Å². The van der Waals surface area contributed by atoms with Crippen LogP contribution in [0.5, 0.6) is 0 Å². The number of hydrogen-bond acceptors (Lipinski definition) is 2. The van der Waals surface area contributed by atoms with Gasteiger partial charge in [0.1, 0.15) is 5.76 Å². The van der Waals surface area contributed by atoms with E-state index in [0.29, 0.717) is 11.3 Å². The number of rotatable bonds is 2. The standard InChI is InChI=1S/C27H20O2/c1-17-11-12-18(2)24(13-17)26-16-21(27(28)29-26)15-25-22-9-5-3-7-19(22)14-20-8-4-6-10-23(20)25/h3-16H,1-2H3. The van der Waals surface area contributed by atoms with Gasteiger partial charge >= 0.3 is 5.97 Å². The summed E-state index contributed by atoms with van der Waals surface area (Å²) in [6.45, 7) is 4.07. The Morgan fingerprint density at radius 3 is 2.14 bits per heavy atom. The van der Waals surface area contributed by atoms with Gasteiger partial charge in [0.15, 0.2) is 0 Å². The predicted octanol–water partition coefficient (Wildman–Crippen LogP) is 6.59. The second-order valence-electron chi connectivity index (χ2n) is 7.55. The Hall–Kier alpha value is -3.65. The molecule has 2 heteroatoms. The van der Waals surface area contributed by atoms with Crippen LogP contribution in [0.4, 0.5) is 0 Å². The van der Waals surface area contributed by atoms with E-state index in [4.69, 9.17) is 4.74 Å². The summed E-state index contributed by atoms with van der Waals surface area (Å²) in [6, 6.07) is 24.9. The molecule has 0 amide bonds. The van der Waals surface area contributed by atoms with E-state index in [1.807, 2.05) is 50.3 Å². The summed E-state index contributed by atoms with van der Waals surface area (Å²) in [5, 5.41) is 4.56. The van der Waals surface area contributed by atoms with E-state index in [9.17, 15) is 4.79 Å². The summed E-state index contributed by atoms with van der Waals surface area (Å²) in [7, 11) is 0. The Kier molecular flexibility index (Phi) is 4.06. The molecule has 0 aromatic heterocycles. The number of ether oxygens (including phenoxy) is 1. The molecule has 29 heavy (non-hydrogen) atoms. The van der Waals surface area contributed by atoms with E-state index in [0.717, 1.165) is 43.8 Å². The topological polar surface area (TPSA) is 26.3 Å². The van der Waals surface area contributed by atoms with Gasteiger partial charge in [0.2, 0.25) is 0 Å². The van der Waals surface area contributed by atoms with Crippen LogP contribution < -0.4 is 0 Å². The Balaban J connectivity index is 1.72. The third kappa shape index (κ3) is 3.03. The van der Waals surface area contributed by atoms with Gasteiger partial charge in [-0.15, -0.1) is 0 Å². The number of benzene rings is 4. The Labute approximate surface area is 169 Å². The van der Waals surface area contributed by atoms with Crippen molar-refractivity contribution in [2.75, 3.05) is 0 Å². The maximum absolute atomic E-state index is 12.7. The van der Waals surface area contributed by atoms with Gasteiger partial charge in [0, 0.05) is 5.56 Å². The van der Waals surface area contributed by atoms with Gasteiger partial charge in [-0.25, -0.2) is 4.79 Å². The molecule has 1 aliphatic heterocycles. The molecule has 5 rings (SSSR count). The zero-order valence-corrected chi connectivity index (χ0v) is 16.4. The van der Waals surface area contributed by atoms with Gasteiger partial charge in [-0.1, -0.05) is 66.2 Å². The Morgan fingerprint density at radius 2 is 1.45 bits per heavy atom. The first-order chi connectivity index (χ1) is 14.1. The molecule has 1 heterocycles. The third-order valence-electron chi connectivity index (χ3n) is 5.50. The molecule has 0 saturated heterocycles. The number of esters is 1. The molecule has 4 aromatic rings. The molecule has 1 aliphatic rings. The molecule has 140 valence electrons. The second-order valence-corrected chi connectivity index (χ2v) is 7.55. The van der Waals surface area contributed by atoms with Crippen LogP contribution in [-0.4, -0.2) is 5.97 Å². The monoisotopic (exact) mass is 376 g/mol. The van der Waals surface area contributed by atoms with Crippen molar-refractivity contribution >= 4 is 39.3 Å². The maximum Gasteiger partial charge on any atom is 0.343 e. The summed E-state index contributed by atoms with van der Waals surface area (Å²) < 4.78 is 5.65. The molecule has 0 radical (unpaired) electrons. The van der Waals surface area contributed by atoms with Gasteiger partial charge in [0.25, 0.3) is 0 Å². The molecule has 0 aliphatic carbocycles. The van der Waals surface area contributed by atoms with Crippen LogP contribution in [0, 0.1) is 13.8 Å². The van der Waals surface area contributed by atoms with Gasteiger partial charge in [-0.2, -0.15) is 0 Å². The minimum atomic E-state index is -0.307. The first-order valence-corrected chi connectivity index (χ1v) is 9.74. The van der Waals surface area contributed by atoms with E-state index < -0.39 is 0 Å². The lowest BCUT2D eigenvalue weighted by atomic mass is 9.95. The predicted molar refractivity (Wildman–Crippen MR) is 119 cm³/mol. The highest BCUT2D eigenvalue weighted by Gasteiger charge is 2.23. The summed E-state index contributed by atoms with van der Waals surface area (Å²) in [4.78, 5) is 12.7. The van der Waals surface area contributed by atoms with Crippen molar-refractivity contribution < 1.29 is 9.53 Å². The van der Waals surface area contributed by atoms with Gasteiger partial charge < -0.3 is 4.74 Å². The van der Waals surface area contributed by atoms with Crippen molar-refractivity contribution in [3.8, 4) is 0 Å². The van der Waals surface area contributed by atoms with E-state index >= 15 is 0 Å². The molecule has 0 spiro atoms. The molecular formula is C27H20O2. The summed E-state index contributed by atoms with van der Waals surface area (Å²) in [5.74, 6) is 0.310. The molecule has 4 aromatic carbocycles. The van der Waals surface area contributed by atoms with Crippen molar-refractivity contribution in [2.24, 2.45) is 0 Å². The fourth-order valence-electron chi connectivity index (χ4n) is 3.98. The first-order valence-electron chi connectivity index (χ1n) is 9.74. The zero-order valence-electron chi connectivity index (χ0n) is 16.4. The van der Waals surface area contributed by atoms with Crippen LogP contribution in [0.15, 0.2) is 84.4 Å². The molecular weight excluding hydrogens is 356 g/mol. The molecule has 0 atom stereocenters. The number of carbonyl (C=O) groups is 1. The van der Waals surface area contributed by atoms with Crippen molar-refractivity contribution in [1.29, 1.82) is 0 Å². The average Bonchev–Trinajstić information content (AvgIpc) is 3.09. The number of hydrogen-bond donors (Lipinski definition) is 0. The largest absolute Gasteiger partial charge is 0.422 e. The molecule has 0 saturated carbocycles. The fraction of sp³-hybridized carbons (Fsp3) is 0.0741. The van der Waals surface area contributed by atoms with E-state index in [1.54, 1.807) is 0 Å². The SMILES string of the molecule is Cc1ccc(C)c(C2=CC(=Cc3c4ccccc4cc4ccccc34)C(=O)O2)c1. The highest BCUT2D eigenvalue weighted by molar-refractivity contribution is 6.12. The normalized spacial score (nSPS) is 15.2. The summed E-state index contributed by atoms with van der Waals surface area (Å²) >= 11 is 0. The quantitative estimate of drug-likeness (QED) is 0.224. The summed E-state index contributed by atoms with van der Waals surface area (Å²) in [5.41, 5.74) is 4.81. The van der Waals surface area contributed by atoms with Gasteiger partial charge in [-0.3, -0.25) is 0 Å². The number of carbonyl (C=O) groups excluding carboxylic acids is 1. The highest BCUT2D eigenvalue weighted by atomic mass is 16.5. The lowest BCUT2D eigenvalue weighted by Gasteiger charge is -2.08. The van der Waals surface area contributed by atoms with Crippen LogP contribution in [0.3, 0.4) is 0 Å². The Bertz CT molecular complexity index is 1300. The maximum atomic E-state index is 12.7. The smallest absolute Gasteiger partial charge is 0.343 e. The Morgan fingerprint density at radius 1 is 0.793 bits per heavy atom. The first kappa shape index (κ1) is 17.4. The second kappa shape index (κ2) is 6.75. The van der Waals surface area contributed by atoms with E-state index in [1.165, 1.54) is 0 Å². The zero-order chi connectivity index (χ0) is 20.0. The molecule has 0 bridgehead atoms. The number of aryl methyl sites for hydroxylation is 2. The lowest BCUT2D eigenvalue weighted by molar-refractivity contribution is -0.130. The summed E-state index contributed by atoms with van der Waals surface area (Å²) in [6.07, 6.45) is 3.83. The average molecular weight is 376 g/mol. The van der Waals surface area contributed by atoms with Crippen LogP contribution in [0.25, 0.3) is 33.4 Å². The molecule has 0 N–H and O–H groups in total. The van der Waals surface area contributed by atoms with Crippen LogP contribution in [0.2, 0.25) is 0 Å². The van der Waals surface area contributed by atoms with Gasteiger partial charge in [-0.05, 0) is 70.8 Å². The minimum absolute atomic E-state index is 0.307. The van der Waals surface area contributed by atoms with Crippen LogP contribution in [0.1, 0.15) is 22.3 Å². The molecule has 0 unspecified atom stereocenters.